The molecule has 25 nitrogen and oxygen atoms in total. The molecule has 26 heteroatoms. The van der Waals surface area contributed by atoms with Gasteiger partial charge in [-0.3, -0.25) is 29.2 Å². The first-order chi connectivity index (χ1) is 39.2. The number of aromatic nitrogens is 8. The molecule has 9 atom stereocenters. The number of benzene rings is 2. The molecule has 410 valence electrons. The van der Waals surface area contributed by atoms with Gasteiger partial charge in [0.15, 0.2) is 34.0 Å². The van der Waals surface area contributed by atoms with Gasteiger partial charge in [0.1, 0.15) is 37.3 Å². The summed E-state index contributed by atoms with van der Waals surface area (Å²) < 4.78 is 71.8. The number of aliphatic hydroxyl groups excluding tert-OH is 3. The van der Waals surface area contributed by atoms with E-state index in [1.165, 1.54) is 48.0 Å². The summed E-state index contributed by atoms with van der Waals surface area (Å²) in [6, 6.07) is 19.8. The van der Waals surface area contributed by atoms with Gasteiger partial charge in [-0.05, 0) is 65.8 Å². The summed E-state index contributed by atoms with van der Waals surface area (Å²) in [6.45, 7) is 7.96. The average molecular weight is 1080 g/mol. The van der Waals surface area contributed by atoms with Gasteiger partial charge in [-0.25, -0.2) is 44.3 Å². The van der Waals surface area contributed by atoms with Crippen LogP contribution < -0.4 is 10.6 Å². The molecule has 0 bridgehead atoms. The van der Waals surface area contributed by atoms with E-state index < -0.39 is 57.6 Å². The van der Waals surface area contributed by atoms with E-state index in [0.29, 0.717) is 39.9 Å². The van der Waals surface area contributed by atoms with Crippen molar-refractivity contribution in [3.8, 4) is 6.07 Å². The van der Waals surface area contributed by atoms with Crippen molar-refractivity contribution in [3.63, 3.8) is 0 Å². The summed E-state index contributed by atoms with van der Waals surface area (Å²) in [4.78, 5) is 57.4. The molecule has 2 amide bonds. The summed E-state index contributed by atoms with van der Waals surface area (Å²) in [5.41, 5.74) is 2.59. The molecular weight excluding hydrogens is 996 g/mol. The van der Waals surface area contributed by atoms with Crippen LogP contribution in [0.5, 0.6) is 0 Å². The summed E-state index contributed by atoms with van der Waals surface area (Å²) in [5.74, 6) is -0.131. The first kappa shape index (κ1) is 53.7. The number of nitrogens with zero attached hydrogens (tertiary/aromatic N) is 10. The number of rotatable bonds is 18. The Hall–Kier alpha value is -6.08. The topological polar surface area (TPSA) is 329 Å². The Morgan fingerprint density at radius 1 is 0.813 bits per heavy atom. The average Bonchev–Trinajstić information content (AvgIpc) is 4.36. The number of carbonyl (C=O) groups excluding carboxylic acids is 2. The number of carbonyl (C=O) groups is 2. The number of anilines is 2. The predicted octanol–water partition coefficient (Wildman–Crippen LogP) is 7.00. The van der Waals surface area contributed by atoms with Crippen molar-refractivity contribution in [3.05, 3.63) is 97.1 Å². The Balaban J connectivity index is 0.000000383. The van der Waals surface area contributed by atoms with Crippen molar-refractivity contribution < 1.29 is 69.2 Å². The zero-order chi connectivity index (χ0) is 60.0. The van der Waals surface area contributed by atoms with Crippen molar-refractivity contribution in [1.82, 2.24) is 43.7 Å². The molecule has 7 N–H and O–H groups in total. The normalized spacial score (nSPS) is 20.9. The first-order valence-electron chi connectivity index (χ1n) is 27.0. The van der Waals surface area contributed by atoms with Gasteiger partial charge in [0.05, 0.1) is 70.4 Å². The molecular formula is C49H71N12O13P. The first-order valence-corrected chi connectivity index (χ1v) is 23.9. The Bertz CT molecular complexity index is 2770. The molecule has 0 radical (unpaired) electrons. The van der Waals surface area contributed by atoms with Gasteiger partial charge in [0.2, 0.25) is 2.86 Å². The van der Waals surface area contributed by atoms with Crippen molar-refractivity contribution >= 4 is 54.3 Å². The number of hydrogen-bond donors (Lipinski definition) is 7. The Morgan fingerprint density at radius 3 is 1.71 bits per heavy atom. The molecule has 8 rings (SSSR count). The lowest BCUT2D eigenvalue weighted by molar-refractivity contribution is -0.215. The molecule has 75 heavy (non-hydrogen) atoms. The Kier molecular flexibility index (Phi) is 22.3. The van der Waals surface area contributed by atoms with Crippen molar-refractivity contribution in [2.24, 2.45) is 0 Å². The van der Waals surface area contributed by atoms with E-state index in [9.17, 15) is 14.7 Å². The number of fused-ring (bicyclic) bond motifs is 2. The summed E-state index contributed by atoms with van der Waals surface area (Å²) in [6.07, 6.45) is 0.464. The number of hydrogen-bond acceptors (Lipinski definition) is 21. The highest BCUT2D eigenvalue weighted by molar-refractivity contribution is 7.44. The number of imidazole rings is 2. The maximum atomic E-state index is 12.8. The number of nitriles is 1. The summed E-state index contributed by atoms with van der Waals surface area (Å²) in [5, 5.41) is 48.4. The fourth-order valence-electron chi connectivity index (χ4n) is 7.71. The largest absolute Gasteiger partial charge is 0.391 e. The van der Waals surface area contributed by atoms with Crippen molar-refractivity contribution in [1.29, 1.82) is 8.12 Å². The van der Waals surface area contributed by atoms with Gasteiger partial charge in [-0.15, -0.1) is 0 Å². The molecule has 0 aliphatic carbocycles. The highest BCUT2D eigenvalue weighted by Crippen LogP contribution is 2.50. The molecule has 0 saturated carbocycles. The van der Waals surface area contributed by atoms with Gasteiger partial charge in [0.25, 0.3) is 20.3 Å². The van der Waals surface area contributed by atoms with Crippen molar-refractivity contribution in [2.45, 2.75) is 137 Å². The van der Waals surface area contributed by atoms with Crippen LogP contribution in [-0.4, -0.2) is 154 Å². The second kappa shape index (κ2) is 31.1. The molecule has 6 heterocycles. The second-order valence-electron chi connectivity index (χ2n) is 16.5. The van der Waals surface area contributed by atoms with Crippen LogP contribution in [-0.2, 0) is 28.3 Å². The van der Waals surface area contributed by atoms with E-state index in [0.717, 1.165) is 0 Å². The van der Waals surface area contributed by atoms with Gasteiger partial charge in [-0.1, -0.05) is 51.2 Å². The van der Waals surface area contributed by atoms with Crippen LogP contribution >= 0.6 is 8.53 Å². The number of nitrogens with one attached hydrogen (secondary N) is 2. The third kappa shape index (κ3) is 16.7. The highest BCUT2D eigenvalue weighted by atomic mass is 31.2. The minimum Gasteiger partial charge on any atom is -0.391 e. The number of aliphatic hydroxyl groups is 3. The van der Waals surface area contributed by atoms with Crippen molar-refractivity contribution in [2.75, 3.05) is 31.5 Å². The Labute approximate surface area is 445 Å². The van der Waals surface area contributed by atoms with Crippen LogP contribution in [0.15, 0.2) is 86.0 Å². The SMILES string of the molecule is COO.COO.[2H]OC(C[3H])[C@H]1O[C@@H](n2cnc3c(NC(=O)c4ccccc4)ncnc32)CC1O.[2H]OC(C[3H])[C@H]1O[C@@H](n2cnc3c(NC(=O)c4ccccc4)ncnc32)CC1OP(OCCC#N)N(C(C)C)C(C)C.[3H]C.[3H]C. The molecule has 4 aromatic heterocycles. The maximum absolute atomic E-state index is 12.8. The monoisotopic (exact) mass is 1080 g/mol. The lowest BCUT2D eigenvalue weighted by Crippen LogP contribution is -2.38. The fraction of sp³-hybridized carbons (Fsp3) is 0.490. The van der Waals surface area contributed by atoms with Gasteiger partial charge in [0, 0.05) is 41.5 Å². The highest BCUT2D eigenvalue weighted by Gasteiger charge is 2.44. The smallest absolute Gasteiger partial charge is 0.259 e. The predicted molar refractivity (Wildman–Crippen MR) is 279 cm³/mol. The van der Waals surface area contributed by atoms with Crippen LogP contribution in [0.4, 0.5) is 11.6 Å². The fourth-order valence-corrected chi connectivity index (χ4v) is 9.45. The van der Waals surface area contributed by atoms with E-state index in [1.807, 2.05) is 39.8 Å². The minimum absolute atomic E-state index is 0.0907. The number of ether oxygens (including phenoxy) is 2. The van der Waals surface area contributed by atoms with E-state index in [-0.39, 0.29) is 68.8 Å². The molecule has 2 saturated heterocycles. The number of amides is 2. The van der Waals surface area contributed by atoms with E-state index in [2.05, 4.69) is 66.2 Å². The summed E-state index contributed by atoms with van der Waals surface area (Å²) >= 11 is 0. The third-order valence-electron chi connectivity index (χ3n) is 10.7. The van der Waals surface area contributed by atoms with E-state index >= 15 is 0 Å². The van der Waals surface area contributed by atoms with Crippen LogP contribution in [0.3, 0.4) is 0 Å². The molecule has 6 aromatic rings. The lowest BCUT2D eigenvalue weighted by atomic mass is 10.1. The standard InChI is InChI=1S/C27H36N7O5P.C18H19N5O4.2CH4O2.2CH4/c1-17(2)34(18(3)4)40(37-13-9-12-28)39-21-14-22(38-24(21)19(5)35)33-16-31-23-25(29-15-30-26(23)33)32-27(36)20-10-7-6-8-11-20;1-10(24)15-12(25)7-13(27-15)23-9-21-14-16(19-8-20-17(14)23)22-18(26)11-5-3-2-4-6-11;2*1-3-2;;/h6-8,10-11,15-19,21-22,24,35H,9,13-14H2,1-5H3,(H,29,30,32,36);2-6,8-10,12-13,15,24-25H,7H2,1H3,(H,19,20,22,26);2*2H,1H3;2*1H4/t19?,21?,22-,24-,40?;10?,12?,13-,15-;;;;/m11..../s1/i5T,35D;1T,24D;;;2*1T. The van der Waals surface area contributed by atoms with Crippen LogP contribution in [0, 0.1) is 11.3 Å². The third-order valence-corrected chi connectivity index (χ3v) is 12.9. The lowest BCUT2D eigenvalue weighted by Gasteiger charge is -2.37. The zero-order valence-electron chi connectivity index (χ0n) is 48.9. The Morgan fingerprint density at radius 2 is 1.27 bits per heavy atom. The van der Waals surface area contributed by atoms with E-state index in [1.54, 1.807) is 64.0 Å². The molecule has 2 aliphatic heterocycles. The quantitative estimate of drug-likeness (QED) is 0.0197. The van der Waals surface area contributed by atoms with E-state index in [4.69, 9.17) is 47.8 Å². The van der Waals surface area contributed by atoms with Gasteiger partial charge < -0.3 is 44.5 Å². The molecule has 0 spiro atoms. The molecule has 2 aliphatic rings. The molecule has 5 unspecified atom stereocenters. The maximum Gasteiger partial charge on any atom is 0.259 e. The zero-order valence-corrected chi connectivity index (χ0v) is 43.8. The van der Waals surface area contributed by atoms with Crippen LogP contribution in [0.25, 0.3) is 22.3 Å². The molecule has 2 fully saturated rings. The van der Waals surface area contributed by atoms with Gasteiger partial charge >= 0.3 is 0 Å². The molecule has 2 aromatic carbocycles. The van der Waals surface area contributed by atoms with Gasteiger partial charge in [-0.2, -0.15) is 5.26 Å². The van der Waals surface area contributed by atoms with Crippen LogP contribution in [0.2, 0.25) is 0 Å². The van der Waals surface area contributed by atoms with Crippen LogP contribution in [0.1, 0.15) is 114 Å². The summed E-state index contributed by atoms with van der Waals surface area (Å²) in [7, 11) is 3.25. The minimum atomic E-state index is -1.61. The second-order valence-corrected chi connectivity index (χ2v) is 17.9.